The second-order valence-corrected chi connectivity index (χ2v) is 5.95. The van der Waals surface area contributed by atoms with Crippen LogP contribution in [0, 0.1) is 5.92 Å². The fourth-order valence-electron chi connectivity index (χ4n) is 3.57. The summed E-state index contributed by atoms with van der Waals surface area (Å²) in [4.78, 5) is 18.8. The molecule has 0 saturated carbocycles. The first kappa shape index (κ1) is 13.6. The molecule has 0 aromatic carbocycles. The fourth-order valence-corrected chi connectivity index (χ4v) is 3.57. The Morgan fingerprint density at radius 3 is 3.15 bits per heavy atom. The van der Waals surface area contributed by atoms with Crippen LogP contribution in [0.4, 0.5) is 0 Å². The van der Waals surface area contributed by atoms with E-state index in [0.29, 0.717) is 24.3 Å². The number of piperidine rings is 1. The molecule has 2 atom stereocenters. The number of aromatic nitrogens is 2. The molecule has 1 amide bonds. The SMILES string of the molecule is O=C(CCn1ccnc1)N1CCCC[C@H]2CNCC[C@H]21. The highest BCUT2D eigenvalue weighted by atomic mass is 16.2. The van der Waals surface area contributed by atoms with Crippen LogP contribution >= 0.6 is 0 Å². The molecule has 0 aliphatic carbocycles. The summed E-state index contributed by atoms with van der Waals surface area (Å²) < 4.78 is 1.98. The maximum Gasteiger partial charge on any atom is 0.224 e. The zero-order valence-corrected chi connectivity index (χ0v) is 12.0. The monoisotopic (exact) mass is 276 g/mol. The third kappa shape index (κ3) is 3.03. The quantitative estimate of drug-likeness (QED) is 0.904. The number of rotatable bonds is 3. The Labute approximate surface area is 120 Å². The molecule has 2 aliphatic heterocycles. The van der Waals surface area contributed by atoms with E-state index in [4.69, 9.17) is 0 Å². The highest BCUT2D eigenvalue weighted by Gasteiger charge is 2.33. The van der Waals surface area contributed by atoms with Gasteiger partial charge >= 0.3 is 0 Å². The number of fused-ring (bicyclic) bond motifs is 1. The van der Waals surface area contributed by atoms with Crippen molar-refractivity contribution >= 4 is 5.91 Å². The lowest BCUT2D eigenvalue weighted by atomic mass is 9.89. The van der Waals surface area contributed by atoms with E-state index in [9.17, 15) is 4.79 Å². The zero-order valence-electron chi connectivity index (χ0n) is 12.0. The van der Waals surface area contributed by atoms with Gasteiger partial charge in [0.05, 0.1) is 6.33 Å². The Balaban J connectivity index is 1.62. The van der Waals surface area contributed by atoms with Gasteiger partial charge in [0.25, 0.3) is 0 Å². The first-order valence-corrected chi connectivity index (χ1v) is 7.80. The highest BCUT2D eigenvalue weighted by Crippen LogP contribution is 2.27. The molecule has 1 N–H and O–H groups in total. The van der Waals surface area contributed by atoms with E-state index in [1.54, 1.807) is 12.5 Å². The average molecular weight is 276 g/mol. The Kier molecular flexibility index (Phi) is 4.35. The average Bonchev–Trinajstić information content (AvgIpc) is 2.90. The molecule has 0 bridgehead atoms. The van der Waals surface area contributed by atoms with E-state index in [2.05, 4.69) is 15.2 Å². The summed E-state index contributed by atoms with van der Waals surface area (Å²) in [5.74, 6) is 0.973. The summed E-state index contributed by atoms with van der Waals surface area (Å²) in [5.41, 5.74) is 0. The van der Waals surface area contributed by atoms with Gasteiger partial charge in [0, 0.05) is 37.9 Å². The van der Waals surface area contributed by atoms with Gasteiger partial charge in [0.1, 0.15) is 0 Å². The Hall–Kier alpha value is -1.36. The number of carbonyl (C=O) groups is 1. The van der Waals surface area contributed by atoms with Crippen LogP contribution in [0.15, 0.2) is 18.7 Å². The summed E-state index contributed by atoms with van der Waals surface area (Å²) in [6, 6.07) is 0.467. The minimum atomic E-state index is 0.317. The van der Waals surface area contributed by atoms with E-state index < -0.39 is 0 Å². The van der Waals surface area contributed by atoms with Crippen LogP contribution in [-0.2, 0) is 11.3 Å². The number of nitrogens with zero attached hydrogens (tertiary/aromatic N) is 3. The number of imidazole rings is 1. The molecule has 1 aromatic rings. The smallest absolute Gasteiger partial charge is 0.224 e. The lowest BCUT2D eigenvalue weighted by molar-refractivity contribution is -0.135. The molecule has 3 heterocycles. The molecule has 1 aromatic heterocycles. The second kappa shape index (κ2) is 6.39. The second-order valence-electron chi connectivity index (χ2n) is 5.95. The summed E-state index contributed by atoms with van der Waals surface area (Å²) in [6.45, 7) is 3.82. The molecule has 110 valence electrons. The number of hydrogen-bond donors (Lipinski definition) is 1. The lowest BCUT2D eigenvalue weighted by Gasteiger charge is -2.38. The summed E-state index contributed by atoms with van der Waals surface area (Å²) in [6.07, 6.45) is 10.8. The molecule has 2 saturated heterocycles. The van der Waals surface area contributed by atoms with Gasteiger partial charge in [-0.1, -0.05) is 6.42 Å². The van der Waals surface area contributed by atoms with Gasteiger partial charge in [-0.15, -0.1) is 0 Å². The van der Waals surface area contributed by atoms with Crippen LogP contribution in [0.2, 0.25) is 0 Å². The molecule has 0 spiro atoms. The van der Waals surface area contributed by atoms with Crippen LogP contribution in [0.1, 0.15) is 32.1 Å². The van der Waals surface area contributed by atoms with Crippen LogP contribution < -0.4 is 5.32 Å². The van der Waals surface area contributed by atoms with Gasteiger partial charge < -0.3 is 14.8 Å². The molecule has 2 fully saturated rings. The van der Waals surface area contributed by atoms with Crippen molar-refractivity contribution in [3.63, 3.8) is 0 Å². The van der Waals surface area contributed by atoms with Crippen molar-refractivity contribution in [1.82, 2.24) is 19.8 Å². The number of aryl methyl sites for hydroxylation is 1. The van der Waals surface area contributed by atoms with Gasteiger partial charge in [0.2, 0.25) is 5.91 Å². The largest absolute Gasteiger partial charge is 0.339 e. The topological polar surface area (TPSA) is 50.2 Å². The normalized spacial score (nSPS) is 26.9. The molecule has 20 heavy (non-hydrogen) atoms. The molecule has 0 unspecified atom stereocenters. The van der Waals surface area contributed by atoms with Gasteiger partial charge in [-0.25, -0.2) is 4.98 Å². The van der Waals surface area contributed by atoms with Crippen molar-refractivity contribution in [1.29, 1.82) is 0 Å². The molecule has 2 aliphatic rings. The van der Waals surface area contributed by atoms with Crippen molar-refractivity contribution in [2.24, 2.45) is 5.92 Å². The number of amides is 1. The first-order valence-electron chi connectivity index (χ1n) is 7.80. The van der Waals surface area contributed by atoms with Crippen molar-refractivity contribution in [3.05, 3.63) is 18.7 Å². The molecular formula is C15H24N4O. The standard InChI is InChI=1S/C15H24N4O/c20-15(5-9-18-10-7-17-12-18)19-8-2-1-3-13-11-16-6-4-14(13)19/h7,10,12-14,16H,1-6,8-9,11H2/t13-,14+/m0/s1. The van der Waals surface area contributed by atoms with E-state index >= 15 is 0 Å². The van der Waals surface area contributed by atoms with Gasteiger partial charge in [0.15, 0.2) is 0 Å². The number of hydrogen-bond acceptors (Lipinski definition) is 3. The molecule has 5 heteroatoms. The molecule has 3 rings (SSSR count). The molecule has 0 radical (unpaired) electrons. The van der Waals surface area contributed by atoms with Crippen molar-refractivity contribution in [3.8, 4) is 0 Å². The predicted octanol–water partition coefficient (Wildman–Crippen LogP) is 1.26. The number of likely N-dealkylation sites (tertiary alicyclic amines) is 1. The van der Waals surface area contributed by atoms with Crippen LogP contribution in [0.3, 0.4) is 0 Å². The minimum Gasteiger partial charge on any atom is -0.339 e. The minimum absolute atomic E-state index is 0.317. The van der Waals surface area contributed by atoms with Crippen LogP contribution in [-0.4, -0.2) is 46.0 Å². The Morgan fingerprint density at radius 1 is 1.35 bits per heavy atom. The first-order chi connectivity index (χ1) is 9.84. The van der Waals surface area contributed by atoms with E-state index in [1.165, 1.54) is 12.8 Å². The van der Waals surface area contributed by atoms with E-state index in [-0.39, 0.29) is 0 Å². The van der Waals surface area contributed by atoms with Crippen LogP contribution in [0.25, 0.3) is 0 Å². The maximum absolute atomic E-state index is 12.6. The van der Waals surface area contributed by atoms with Gasteiger partial charge in [-0.2, -0.15) is 0 Å². The van der Waals surface area contributed by atoms with Crippen molar-refractivity contribution < 1.29 is 4.79 Å². The molecule has 5 nitrogen and oxygen atoms in total. The predicted molar refractivity (Wildman–Crippen MR) is 77.2 cm³/mol. The zero-order chi connectivity index (χ0) is 13.8. The molecular weight excluding hydrogens is 252 g/mol. The highest BCUT2D eigenvalue weighted by molar-refractivity contribution is 5.76. The van der Waals surface area contributed by atoms with E-state index in [0.717, 1.165) is 39.0 Å². The van der Waals surface area contributed by atoms with Crippen molar-refractivity contribution in [2.45, 2.75) is 44.7 Å². The van der Waals surface area contributed by atoms with Crippen LogP contribution in [0.5, 0.6) is 0 Å². The Morgan fingerprint density at radius 2 is 2.30 bits per heavy atom. The lowest BCUT2D eigenvalue weighted by Crippen LogP contribution is -2.51. The fraction of sp³-hybridized carbons (Fsp3) is 0.733. The van der Waals surface area contributed by atoms with E-state index in [1.807, 2.05) is 10.8 Å². The summed E-state index contributed by atoms with van der Waals surface area (Å²) in [7, 11) is 0. The van der Waals surface area contributed by atoms with Gasteiger partial charge in [-0.05, 0) is 38.3 Å². The maximum atomic E-state index is 12.6. The number of nitrogens with one attached hydrogen (secondary N) is 1. The van der Waals surface area contributed by atoms with Crippen molar-refractivity contribution in [2.75, 3.05) is 19.6 Å². The third-order valence-electron chi connectivity index (χ3n) is 4.66. The van der Waals surface area contributed by atoms with Gasteiger partial charge in [-0.3, -0.25) is 4.79 Å². The summed E-state index contributed by atoms with van der Waals surface area (Å²) in [5, 5.41) is 3.48. The Bertz CT molecular complexity index is 431. The summed E-state index contributed by atoms with van der Waals surface area (Å²) >= 11 is 0. The number of carbonyl (C=O) groups excluding carboxylic acids is 1. The third-order valence-corrected chi connectivity index (χ3v) is 4.66.